The first kappa shape index (κ1) is 20.2. The van der Waals surface area contributed by atoms with Crippen molar-refractivity contribution in [1.82, 2.24) is 15.1 Å². The van der Waals surface area contributed by atoms with Crippen molar-refractivity contribution in [3.63, 3.8) is 0 Å². The third-order valence-corrected chi connectivity index (χ3v) is 5.59. The molecule has 6 heteroatoms. The third kappa shape index (κ3) is 5.96. The molecule has 1 aliphatic heterocycles. The quantitative estimate of drug-likeness (QED) is 0.756. The van der Waals surface area contributed by atoms with E-state index in [0.717, 1.165) is 32.4 Å². The van der Waals surface area contributed by atoms with Crippen LogP contribution in [0.25, 0.3) is 0 Å². The van der Waals surface area contributed by atoms with E-state index in [1.165, 1.54) is 12.8 Å². The summed E-state index contributed by atoms with van der Waals surface area (Å²) in [4.78, 5) is 28.8. The highest BCUT2D eigenvalue weighted by atomic mass is 16.2. The van der Waals surface area contributed by atoms with Gasteiger partial charge in [-0.05, 0) is 32.1 Å². The molecule has 144 valence electrons. The van der Waals surface area contributed by atoms with E-state index in [-0.39, 0.29) is 11.8 Å². The fourth-order valence-electron chi connectivity index (χ4n) is 4.14. The summed E-state index contributed by atoms with van der Waals surface area (Å²) in [5, 5.41) is 3.19. The monoisotopic (exact) mass is 352 g/mol. The van der Waals surface area contributed by atoms with Gasteiger partial charge in [-0.2, -0.15) is 0 Å². The van der Waals surface area contributed by atoms with E-state index < -0.39 is 5.54 Å². The Morgan fingerprint density at radius 3 is 2.48 bits per heavy atom. The van der Waals surface area contributed by atoms with Gasteiger partial charge in [-0.1, -0.05) is 33.1 Å². The average Bonchev–Trinajstić information content (AvgIpc) is 2.54. The normalized spacial score (nSPS) is 27.6. The van der Waals surface area contributed by atoms with Crippen LogP contribution in [0.5, 0.6) is 0 Å². The number of rotatable bonds is 6. The molecular formula is C19H36N4O2. The van der Waals surface area contributed by atoms with Crippen molar-refractivity contribution in [3.8, 4) is 0 Å². The van der Waals surface area contributed by atoms with E-state index in [1.54, 1.807) is 0 Å². The summed E-state index contributed by atoms with van der Waals surface area (Å²) in [6.07, 6.45) is 6.29. The average molecular weight is 353 g/mol. The van der Waals surface area contributed by atoms with Gasteiger partial charge in [-0.25, -0.2) is 0 Å². The van der Waals surface area contributed by atoms with E-state index in [2.05, 4.69) is 17.1 Å². The lowest BCUT2D eigenvalue weighted by molar-refractivity contribution is -0.138. The van der Waals surface area contributed by atoms with Gasteiger partial charge in [0.05, 0.1) is 12.1 Å². The molecule has 0 spiro atoms. The van der Waals surface area contributed by atoms with Crippen molar-refractivity contribution >= 4 is 11.8 Å². The zero-order valence-electron chi connectivity index (χ0n) is 16.2. The van der Waals surface area contributed by atoms with Gasteiger partial charge in [0.2, 0.25) is 11.8 Å². The van der Waals surface area contributed by atoms with Crippen molar-refractivity contribution in [2.75, 3.05) is 32.7 Å². The molecule has 1 aliphatic carbocycles. The largest absolute Gasteiger partial charge is 0.352 e. The topological polar surface area (TPSA) is 78.7 Å². The zero-order valence-corrected chi connectivity index (χ0v) is 16.2. The molecule has 0 aromatic heterocycles. The standard InChI is InChI=1S/C19H36N4O2/c1-4-8-19(3,20)18(25)23-11-9-22(10-12-23)14-17(24)21-16-7-5-6-15(2)13-16/h15-16H,4-14,20H2,1-3H3,(H,21,24). The molecule has 2 aliphatic rings. The molecule has 1 saturated heterocycles. The Labute approximate surface area is 152 Å². The molecule has 0 aromatic carbocycles. The maximum absolute atomic E-state index is 12.5. The number of carbonyl (C=O) groups is 2. The van der Waals surface area contributed by atoms with Gasteiger partial charge >= 0.3 is 0 Å². The Bertz CT molecular complexity index is 458. The highest BCUT2D eigenvalue weighted by molar-refractivity contribution is 5.85. The molecule has 2 amide bonds. The van der Waals surface area contributed by atoms with Crippen molar-refractivity contribution < 1.29 is 9.59 Å². The molecule has 6 nitrogen and oxygen atoms in total. The Morgan fingerprint density at radius 2 is 1.88 bits per heavy atom. The van der Waals surface area contributed by atoms with Gasteiger partial charge in [0.15, 0.2) is 0 Å². The minimum Gasteiger partial charge on any atom is -0.352 e. The van der Waals surface area contributed by atoms with Crippen LogP contribution in [-0.4, -0.2) is 65.9 Å². The van der Waals surface area contributed by atoms with Gasteiger partial charge < -0.3 is 16.0 Å². The van der Waals surface area contributed by atoms with Gasteiger partial charge in [0, 0.05) is 32.2 Å². The van der Waals surface area contributed by atoms with Crippen molar-refractivity contribution in [1.29, 1.82) is 0 Å². The van der Waals surface area contributed by atoms with Crippen LogP contribution in [-0.2, 0) is 9.59 Å². The Morgan fingerprint density at radius 1 is 1.20 bits per heavy atom. The summed E-state index contributed by atoms with van der Waals surface area (Å²) in [5.41, 5.74) is 5.39. The van der Waals surface area contributed by atoms with Crippen LogP contribution in [0.1, 0.15) is 59.3 Å². The number of carbonyl (C=O) groups excluding carboxylic acids is 2. The van der Waals surface area contributed by atoms with E-state index in [9.17, 15) is 9.59 Å². The second-order valence-corrected chi connectivity index (χ2v) is 8.27. The fraction of sp³-hybridized carbons (Fsp3) is 0.895. The minimum atomic E-state index is -0.772. The van der Waals surface area contributed by atoms with Crippen molar-refractivity contribution in [2.24, 2.45) is 11.7 Å². The Kier molecular flexibility index (Phi) is 7.25. The summed E-state index contributed by atoms with van der Waals surface area (Å²) in [6, 6.07) is 0.339. The van der Waals surface area contributed by atoms with Crippen molar-refractivity contribution in [2.45, 2.75) is 70.9 Å². The molecule has 2 fully saturated rings. The molecule has 0 radical (unpaired) electrons. The van der Waals surface area contributed by atoms with E-state index in [1.807, 2.05) is 18.7 Å². The van der Waals surface area contributed by atoms with E-state index >= 15 is 0 Å². The lowest BCUT2D eigenvalue weighted by atomic mass is 9.87. The number of piperazine rings is 1. The minimum absolute atomic E-state index is 0.0367. The number of nitrogens with zero attached hydrogens (tertiary/aromatic N) is 2. The molecule has 0 bridgehead atoms. The van der Waals surface area contributed by atoms with E-state index in [0.29, 0.717) is 38.0 Å². The first-order valence-electron chi connectivity index (χ1n) is 9.91. The molecule has 1 saturated carbocycles. The van der Waals surface area contributed by atoms with Gasteiger partial charge in [-0.15, -0.1) is 0 Å². The molecule has 3 unspecified atom stereocenters. The molecule has 3 atom stereocenters. The fourth-order valence-corrected chi connectivity index (χ4v) is 4.14. The second kappa shape index (κ2) is 8.99. The maximum atomic E-state index is 12.5. The number of hydrogen-bond donors (Lipinski definition) is 2. The summed E-state index contributed by atoms with van der Waals surface area (Å²) in [6.45, 7) is 9.35. The first-order valence-corrected chi connectivity index (χ1v) is 9.91. The zero-order chi connectivity index (χ0) is 18.4. The second-order valence-electron chi connectivity index (χ2n) is 8.27. The third-order valence-electron chi connectivity index (χ3n) is 5.59. The molecule has 0 aromatic rings. The Hall–Kier alpha value is -1.14. The molecule has 3 N–H and O–H groups in total. The summed E-state index contributed by atoms with van der Waals surface area (Å²) in [7, 11) is 0. The van der Waals surface area contributed by atoms with Crippen molar-refractivity contribution in [3.05, 3.63) is 0 Å². The lowest BCUT2D eigenvalue weighted by Crippen LogP contribution is -2.59. The molecule has 1 heterocycles. The smallest absolute Gasteiger partial charge is 0.242 e. The first-order chi connectivity index (χ1) is 11.8. The molecular weight excluding hydrogens is 316 g/mol. The molecule has 25 heavy (non-hydrogen) atoms. The predicted octanol–water partition coefficient (Wildman–Crippen LogP) is 1.34. The summed E-state index contributed by atoms with van der Waals surface area (Å²) in [5.74, 6) is 0.866. The number of nitrogens with one attached hydrogen (secondary N) is 1. The van der Waals surface area contributed by atoms with Crippen LogP contribution < -0.4 is 11.1 Å². The van der Waals surface area contributed by atoms with Gasteiger partial charge in [0.25, 0.3) is 0 Å². The van der Waals surface area contributed by atoms with Crippen LogP contribution in [0.4, 0.5) is 0 Å². The van der Waals surface area contributed by atoms with Crippen LogP contribution >= 0.6 is 0 Å². The van der Waals surface area contributed by atoms with Crippen LogP contribution in [0.3, 0.4) is 0 Å². The van der Waals surface area contributed by atoms with Gasteiger partial charge in [-0.3, -0.25) is 14.5 Å². The number of hydrogen-bond acceptors (Lipinski definition) is 4. The summed E-state index contributed by atoms with van der Waals surface area (Å²) >= 11 is 0. The maximum Gasteiger partial charge on any atom is 0.242 e. The molecule has 2 rings (SSSR count). The van der Waals surface area contributed by atoms with Crippen LogP contribution in [0.2, 0.25) is 0 Å². The van der Waals surface area contributed by atoms with Crippen LogP contribution in [0.15, 0.2) is 0 Å². The number of nitrogens with two attached hydrogens (primary N) is 1. The predicted molar refractivity (Wildman–Crippen MR) is 100 cm³/mol. The van der Waals surface area contributed by atoms with Crippen LogP contribution in [0, 0.1) is 5.92 Å². The van der Waals surface area contributed by atoms with E-state index in [4.69, 9.17) is 5.73 Å². The Balaban J connectivity index is 1.73. The highest BCUT2D eigenvalue weighted by Gasteiger charge is 2.33. The summed E-state index contributed by atoms with van der Waals surface area (Å²) < 4.78 is 0. The van der Waals surface area contributed by atoms with Gasteiger partial charge in [0.1, 0.15) is 0 Å². The SMILES string of the molecule is CCCC(C)(N)C(=O)N1CCN(CC(=O)NC2CCCC(C)C2)CC1. The number of amides is 2. The lowest BCUT2D eigenvalue weighted by Gasteiger charge is -2.38. The highest BCUT2D eigenvalue weighted by Crippen LogP contribution is 2.23.